The van der Waals surface area contributed by atoms with Crippen molar-refractivity contribution in [1.29, 1.82) is 0 Å². The number of fused-ring (bicyclic) bond motifs is 1. The second kappa shape index (κ2) is 5.72. The normalized spacial score (nSPS) is 11.3. The Kier molecular flexibility index (Phi) is 3.78. The summed E-state index contributed by atoms with van der Waals surface area (Å²) in [5, 5.41) is 11.5. The van der Waals surface area contributed by atoms with Crippen LogP contribution in [0.1, 0.15) is 5.56 Å². The van der Waals surface area contributed by atoms with Gasteiger partial charge in [0.2, 0.25) is 0 Å². The summed E-state index contributed by atoms with van der Waals surface area (Å²) in [6.07, 6.45) is 3.27. The average molecular weight is 317 g/mol. The quantitative estimate of drug-likeness (QED) is 0.676. The molecular weight excluding hydrogens is 307 g/mol. The van der Waals surface area contributed by atoms with Crippen molar-refractivity contribution in [3.8, 4) is 5.75 Å². The number of nitrogens with zero attached hydrogens (tertiary/aromatic N) is 2. The lowest BCUT2D eigenvalue weighted by Gasteiger charge is -2.03. The van der Waals surface area contributed by atoms with E-state index in [1.165, 1.54) is 12.3 Å². The summed E-state index contributed by atoms with van der Waals surface area (Å²) in [5.74, 6) is -0.0387. The van der Waals surface area contributed by atoms with Crippen LogP contribution in [0.25, 0.3) is 10.9 Å². The molecule has 0 amide bonds. The van der Waals surface area contributed by atoms with Gasteiger partial charge in [0, 0.05) is 28.4 Å². The van der Waals surface area contributed by atoms with Gasteiger partial charge in [-0.1, -0.05) is 29.3 Å². The SMILES string of the molecule is Oc1c(Cl)cc(Cl)cc1C=Nc1cccc2ncccc12. The molecular formula is C16H10Cl2N2O. The predicted octanol–water partition coefficient (Wildman–Crippen LogP) is 5.00. The molecule has 3 nitrogen and oxygen atoms in total. The molecule has 0 fully saturated rings. The number of phenolic OH excluding ortho intramolecular Hbond substituents is 1. The zero-order valence-electron chi connectivity index (χ0n) is 10.8. The molecule has 1 N–H and O–H groups in total. The number of rotatable bonds is 2. The zero-order valence-corrected chi connectivity index (χ0v) is 12.3. The summed E-state index contributed by atoms with van der Waals surface area (Å²) in [7, 11) is 0. The van der Waals surface area contributed by atoms with Crippen molar-refractivity contribution >= 4 is 46.0 Å². The van der Waals surface area contributed by atoms with Gasteiger partial charge in [-0.15, -0.1) is 0 Å². The van der Waals surface area contributed by atoms with Crippen molar-refractivity contribution in [2.24, 2.45) is 4.99 Å². The van der Waals surface area contributed by atoms with Crippen LogP contribution in [0.5, 0.6) is 5.75 Å². The zero-order chi connectivity index (χ0) is 14.8. The Morgan fingerprint density at radius 2 is 1.95 bits per heavy atom. The molecule has 0 saturated carbocycles. The third-order valence-electron chi connectivity index (χ3n) is 3.02. The van der Waals surface area contributed by atoms with E-state index in [1.54, 1.807) is 12.3 Å². The number of pyridine rings is 1. The molecule has 3 aromatic rings. The number of phenols is 1. The first-order valence-electron chi connectivity index (χ1n) is 6.21. The lowest BCUT2D eigenvalue weighted by molar-refractivity contribution is 0.475. The Hall–Kier alpha value is -2.10. The first kappa shape index (κ1) is 13.9. The highest BCUT2D eigenvalue weighted by atomic mass is 35.5. The Morgan fingerprint density at radius 1 is 1.10 bits per heavy atom. The number of halogens is 2. The Bertz CT molecular complexity index is 842. The van der Waals surface area contributed by atoms with Crippen LogP contribution in [0.2, 0.25) is 10.0 Å². The maximum absolute atomic E-state index is 9.92. The van der Waals surface area contributed by atoms with Crippen LogP contribution in [0.15, 0.2) is 53.7 Å². The molecule has 0 aliphatic carbocycles. The number of hydrogen-bond donors (Lipinski definition) is 1. The second-order valence-electron chi connectivity index (χ2n) is 4.43. The van der Waals surface area contributed by atoms with Gasteiger partial charge in [0.05, 0.1) is 16.2 Å². The molecule has 0 spiro atoms. The fourth-order valence-electron chi connectivity index (χ4n) is 2.02. The topological polar surface area (TPSA) is 45.5 Å². The standard InChI is InChI=1S/C16H10Cl2N2O/c17-11-7-10(16(21)13(18)8-11)9-20-15-5-1-4-14-12(15)3-2-6-19-14/h1-9,21H. The monoisotopic (exact) mass is 316 g/mol. The summed E-state index contributed by atoms with van der Waals surface area (Å²) in [5.41, 5.74) is 2.09. The molecule has 2 aromatic carbocycles. The van der Waals surface area contributed by atoms with Gasteiger partial charge in [-0.3, -0.25) is 9.98 Å². The highest BCUT2D eigenvalue weighted by molar-refractivity contribution is 6.36. The molecule has 21 heavy (non-hydrogen) atoms. The lowest BCUT2D eigenvalue weighted by atomic mass is 10.2. The maximum Gasteiger partial charge on any atom is 0.143 e. The van der Waals surface area contributed by atoms with E-state index in [0.29, 0.717) is 10.6 Å². The highest BCUT2D eigenvalue weighted by Gasteiger charge is 2.06. The summed E-state index contributed by atoms with van der Waals surface area (Å²) in [6, 6.07) is 12.6. The van der Waals surface area contributed by atoms with Crippen molar-refractivity contribution in [1.82, 2.24) is 4.98 Å². The molecule has 3 rings (SSSR count). The van der Waals surface area contributed by atoms with Crippen LogP contribution in [0.4, 0.5) is 5.69 Å². The fraction of sp³-hybridized carbons (Fsp3) is 0. The van der Waals surface area contributed by atoms with Crippen molar-refractivity contribution in [2.75, 3.05) is 0 Å². The van der Waals surface area contributed by atoms with E-state index < -0.39 is 0 Å². The second-order valence-corrected chi connectivity index (χ2v) is 5.27. The van der Waals surface area contributed by atoms with Crippen molar-refractivity contribution in [2.45, 2.75) is 0 Å². The number of aliphatic imine (C=N–C) groups is 1. The fourth-order valence-corrected chi connectivity index (χ4v) is 2.53. The molecule has 1 aromatic heterocycles. The van der Waals surface area contributed by atoms with Gasteiger partial charge in [-0.25, -0.2) is 0 Å². The smallest absolute Gasteiger partial charge is 0.143 e. The van der Waals surface area contributed by atoms with Crippen LogP contribution >= 0.6 is 23.2 Å². The lowest BCUT2D eigenvalue weighted by Crippen LogP contribution is -1.84. The minimum Gasteiger partial charge on any atom is -0.506 e. The van der Waals surface area contributed by atoms with Crippen LogP contribution < -0.4 is 0 Å². The summed E-state index contributed by atoms with van der Waals surface area (Å²) in [4.78, 5) is 8.68. The van der Waals surface area contributed by atoms with Crippen LogP contribution in [0, 0.1) is 0 Å². The predicted molar refractivity (Wildman–Crippen MR) is 87.1 cm³/mol. The van der Waals surface area contributed by atoms with Gasteiger partial charge in [0.15, 0.2) is 0 Å². The van der Waals surface area contributed by atoms with Crippen LogP contribution in [-0.2, 0) is 0 Å². The minimum atomic E-state index is -0.0387. The average Bonchev–Trinajstić information content (AvgIpc) is 2.49. The number of aromatic nitrogens is 1. The molecule has 1 heterocycles. The summed E-state index contributed by atoms with van der Waals surface area (Å²) in [6.45, 7) is 0. The van der Waals surface area contributed by atoms with Crippen molar-refractivity contribution in [3.05, 3.63) is 64.3 Å². The Balaban J connectivity index is 2.06. The molecule has 0 saturated heterocycles. The van der Waals surface area contributed by atoms with Gasteiger partial charge in [-0.05, 0) is 36.4 Å². The van der Waals surface area contributed by atoms with E-state index in [1.807, 2.05) is 30.3 Å². The molecule has 0 aliphatic heterocycles. The van der Waals surface area contributed by atoms with E-state index in [2.05, 4.69) is 9.98 Å². The summed E-state index contributed by atoms with van der Waals surface area (Å²) >= 11 is 11.8. The number of hydrogen-bond acceptors (Lipinski definition) is 3. The first-order chi connectivity index (χ1) is 10.1. The molecule has 0 unspecified atom stereocenters. The molecule has 5 heteroatoms. The summed E-state index contributed by atoms with van der Waals surface area (Å²) < 4.78 is 0. The van der Waals surface area contributed by atoms with Gasteiger partial charge < -0.3 is 5.11 Å². The third kappa shape index (κ3) is 2.84. The molecule has 104 valence electrons. The Labute approximate surface area is 131 Å². The van der Waals surface area contributed by atoms with Gasteiger partial charge >= 0.3 is 0 Å². The van der Waals surface area contributed by atoms with Crippen LogP contribution in [-0.4, -0.2) is 16.3 Å². The van der Waals surface area contributed by atoms with Gasteiger partial charge in [0.25, 0.3) is 0 Å². The third-order valence-corrected chi connectivity index (χ3v) is 3.53. The minimum absolute atomic E-state index is 0.0387. The van der Waals surface area contributed by atoms with E-state index in [9.17, 15) is 5.11 Å². The van der Waals surface area contributed by atoms with E-state index >= 15 is 0 Å². The van der Waals surface area contributed by atoms with Crippen LogP contribution in [0.3, 0.4) is 0 Å². The number of aromatic hydroxyl groups is 1. The van der Waals surface area contributed by atoms with E-state index in [4.69, 9.17) is 23.2 Å². The van der Waals surface area contributed by atoms with Crippen molar-refractivity contribution in [3.63, 3.8) is 0 Å². The first-order valence-corrected chi connectivity index (χ1v) is 6.96. The van der Waals surface area contributed by atoms with Gasteiger partial charge in [0.1, 0.15) is 5.75 Å². The molecule has 0 aliphatic rings. The largest absolute Gasteiger partial charge is 0.506 e. The number of benzene rings is 2. The maximum atomic E-state index is 9.92. The van der Waals surface area contributed by atoms with Gasteiger partial charge in [-0.2, -0.15) is 0 Å². The van der Waals surface area contributed by atoms with Crippen molar-refractivity contribution < 1.29 is 5.11 Å². The molecule has 0 radical (unpaired) electrons. The highest BCUT2D eigenvalue weighted by Crippen LogP contribution is 2.31. The Morgan fingerprint density at radius 3 is 2.81 bits per heavy atom. The van der Waals surface area contributed by atoms with E-state index in [-0.39, 0.29) is 10.8 Å². The molecule has 0 atom stereocenters. The molecule has 0 bridgehead atoms. The van der Waals surface area contributed by atoms with E-state index in [0.717, 1.165) is 16.6 Å².